The minimum atomic E-state index is -0.188. The normalized spacial score (nSPS) is 23.8. The maximum absolute atomic E-state index is 13.4. The zero-order valence-corrected chi connectivity index (χ0v) is 20.0. The monoisotopic (exact) mass is 475 g/mol. The lowest BCUT2D eigenvalue weighted by Gasteiger charge is -2.37. The van der Waals surface area contributed by atoms with E-state index in [1.54, 1.807) is 0 Å². The van der Waals surface area contributed by atoms with Gasteiger partial charge in [-0.15, -0.1) is 0 Å². The third kappa shape index (κ3) is 3.12. The molecule has 0 saturated carbocycles. The van der Waals surface area contributed by atoms with Crippen molar-refractivity contribution in [3.63, 3.8) is 0 Å². The van der Waals surface area contributed by atoms with Crippen LogP contribution in [0, 0.1) is 11.8 Å². The van der Waals surface area contributed by atoms with E-state index in [0.29, 0.717) is 41.6 Å². The molecule has 1 N–H and O–H groups in total. The molecule has 2 aromatic rings. The number of carbonyl (C=O) groups is 2. The summed E-state index contributed by atoms with van der Waals surface area (Å²) in [6, 6.07) is 9.50. The Bertz CT molecular complexity index is 1290. The van der Waals surface area contributed by atoms with Crippen molar-refractivity contribution in [1.29, 1.82) is 0 Å². The predicted molar refractivity (Wildman–Crippen MR) is 133 cm³/mol. The number of fused-ring (bicyclic) bond motifs is 6. The quantitative estimate of drug-likeness (QED) is 0.600. The van der Waals surface area contributed by atoms with Gasteiger partial charge in [0.2, 0.25) is 0 Å². The van der Waals surface area contributed by atoms with Gasteiger partial charge in [0.15, 0.2) is 0 Å². The largest absolute Gasteiger partial charge is 0.381 e. The van der Waals surface area contributed by atoms with E-state index < -0.39 is 0 Å². The molecule has 2 amide bonds. The number of halogens is 1. The van der Waals surface area contributed by atoms with E-state index in [1.165, 1.54) is 0 Å². The van der Waals surface area contributed by atoms with Crippen LogP contribution in [0.4, 0.5) is 17.1 Å². The first-order chi connectivity index (χ1) is 16.3. The molecule has 0 bridgehead atoms. The minimum Gasteiger partial charge on any atom is -0.381 e. The van der Waals surface area contributed by atoms with Gasteiger partial charge in [0.25, 0.3) is 11.8 Å². The highest BCUT2D eigenvalue weighted by molar-refractivity contribution is 6.31. The Morgan fingerprint density at radius 3 is 2.79 bits per heavy atom. The molecule has 2 unspecified atom stereocenters. The lowest BCUT2D eigenvalue weighted by Crippen LogP contribution is -2.38. The van der Waals surface area contributed by atoms with Crippen molar-refractivity contribution in [1.82, 2.24) is 0 Å². The second-order valence-corrected chi connectivity index (χ2v) is 10.2. The molecule has 4 aliphatic rings. The molecule has 0 aliphatic carbocycles. The van der Waals surface area contributed by atoms with E-state index in [-0.39, 0.29) is 29.7 Å². The van der Waals surface area contributed by atoms with Crippen LogP contribution in [0.5, 0.6) is 0 Å². The number of hydrogen-bond acceptors (Lipinski definition) is 4. The molecule has 34 heavy (non-hydrogen) atoms. The number of allylic oxidation sites excluding steroid dienone is 1. The Labute approximate surface area is 203 Å². The van der Waals surface area contributed by atoms with Crippen LogP contribution in [0.25, 0.3) is 0 Å². The van der Waals surface area contributed by atoms with Gasteiger partial charge < -0.3 is 19.9 Å². The van der Waals surface area contributed by atoms with Crippen LogP contribution < -0.4 is 15.1 Å². The molecule has 4 heterocycles. The van der Waals surface area contributed by atoms with Gasteiger partial charge in [-0.1, -0.05) is 38.1 Å². The summed E-state index contributed by atoms with van der Waals surface area (Å²) in [5.74, 6) is 0.0833. The Kier molecular flexibility index (Phi) is 4.87. The third-order valence-electron chi connectivity index (χ3n) is 7.14. The second-order valence-electron chi connectivity index (χ2n) is 9.76. The highest BCUT2D eigenvalue weighted by atomic mass is 35.5. The first-order valence-corrected chi connectivity index (χ1v) is 12.1. The lowest BCUT2D eigenvalue weighted by molar-refractivity contribution is -0.113. The van der Waals surface area contributed by atoms with Gasteiger partial charge in [-0.25, -0.2) is 0 Å². The topological polar surface area (TPSA) is 61.9 Å². The fourth-order valence-corrected chi connectivity index (χ4v) is 5.77. The van der Waals surface area contributed by atoms with Crippen molar-refractivity contribution in [3.8, 4) is 0 Å². The van der Waals surface area contributed by atoms with Crippen LogP contribution in [0.15, 0.2) is 54.4 Å². The van der Waals surface area contributed by atoms with Crippen molar-refractivity contribution >= 4 is 40.5 Å². The van der Waals surface area contributed by atoms with E-state index in [2.05, 4.69) is 31.8 Å². The Morgan fingerprint density at radius 1 is 1.24 bits per heavy atom. The first kappa shape index (κ1) is 21.4. The average Bonchev–Trinajstić information content (AvgIpc) is 3.50. The van der Waals surface area contributed by atoms with E-state index in [4.69, 9.17) is 16.3 Å². The van der Waals surface area contributed by atoms with E-state index >= 15 is 0 Å². The molecule has 2 atom stereocenters. The van der Waals surface area contributed by atoms with Gasteiger partial charge in [0.1, 0.15) is 5.70 Å². The van der Waals surface area contributed by atoms with Gasteiger partial charge >= 0.3 is 0 Å². The molecule has 4 aliphatic heterocycles. The summed E-state index contributed by atoms with van der Waals surface area (Å²) in [6.45, 7) is 9.79. The predicted octanol–water partition coefficient (Wildman–Crippen LogP) is 5.45. The minimum absolute atomic E-state index is 0.0452. The molecule has 2 aromatic carbocycles. The zero-order valence-electron chi connectivity index (χ0n) is 19.2. The summed E-state index contributed by atoms with van der Waals surface area (Å²) in [7, 11) is 0. The number of ether oxygens (including phenoxy) is 1. The van der Waals surface area contributed by atoms with Gasteiger partial charge in [-0.3, -0.25) is 9.59 Å². The second kappa shape index (κ2) is 7.72. The average molecular weight is 476 g/mol. The van der Waals surface area contributed by atoms with Crippen molar-refractivity contribution in [2.75, 3.05) is 28.3 Å². The van der Waals surface area contributed by atoms with Crippen LogP contribution in [-0.2, 0) is 16.0 Å². The molecule has 0 radical (unpaired) electrons. The number of rotatable bonds is 3. The van der Waals surface area contributed by atoms with Gasteiger partial charge in [-0.2, -0.15) is 0 Å². The molecule has 174 valence electrons. The Morgan fingerprint density at radius 2 is 2.06 bits per heavy atom. The highest BCUT2D eigenvalue weighted by Crippen LogP contribution is 2.51. The first-order valence-electron chi connectivity index (χ1n) is 11.7. The summed E-state index contributed by atoms with van der Waals surface area (Å²) < 4.78 is 5.62. The molecule has 6 nitrogen and oxygen atoms in total. The summed E-state index contributed by atoms with van der Waals surface area (Å²) in [4.78, 5) is 30.5. The number of hydrogen-bond donors (Lipinski definition) is 1. The lowest BCUT2D eigenvalue weighted by atomic mass is 9.95. The summed E-state index contributed by atoms with van der Waals surface area (Å²) >= 11 is 6.22. The molecule has 6 rings (SSSR count). The fraction of sp³-hybridized carbons (Fsp3) is 0.333. The summed E-state index contributed by atoms with van der Waals surface area (Å²) in [5.41, 5.74) is 6.49. The smallest absolute Gasteiger partial charge is 0.272 e. The van der Waals surface area contributed by atoms with Crippen LogP contribution in [0.1, 0.15) is 47.8 Å². The number of carbonyl (C=O) groups excluding carboxylic acids is 2. The van der Waals surface area contributed by atoms with Crippen molar-refractivity contribution < 1.29 is 14.3 Å². The number of amides is 2. The highest BCUT2D eigenvalue weighted by Gasteiger charge is 2.45. The summed E-state index contributed by atoms with van der Waals surface area (Å²) in [6.07, 6.45) is 3.56. The van der Waals surface area contributed by atoms with Crippen molar-refractivity contribution in [2.45, 2.75) is 32.7 Å². The molecule has 7 heteroatoms. The van der Waals surface area contributed by atoms with Crippen molar-refractivity contribution in [2.24, 2.45) is 11.8 Å². The SMILES string of the molecule is C=C(C1CCOC1)N1/C(=C\C(C)C)C(=O)Nc2cc3c(cc21)C1Cc2cc(Cl)ccc2N1C3=O. The summed E-state index contributed by atoms with van der Waals surface area (Å²) in [5, 5.41) is 3.70. The van der Waals surface area contributed by atoms with Gasteiger partial charge in [-0.05, 0) is 60.2 Å². The maximum Gasteiger partial charge on any atom is 0.272 e. The van der Waals surface area contributed by atoms with Crippen LogP contribution in [-0.4, -0.2) is 25.0 Å². The number of nitrogens with one attached hydrogen (secondary N) is 1. The third-order valence-corrected chi connectivity index (χ3v) is 7.38. The zero-order chi connectivity index (χ0) is 23.7. The van der Waals surface area contributed by atoms with Crippen LogP contribution in [0.3, 0.4) is 0 Å². The molecule has 0 aromatic heterocycles. The van der Waals surface area contributed by atoms with E-state index in [9.17, 15) is 9.59 Å². The van der Waals surface area contributed by atoms with Crippen molar-refractivity contribution in [3.05, 3.63) is 76.1 Å². The molecule has 1 fully saturated rings. The Balaban J connectivity index is 1.48. The van der Waals surface area contributed by atoms with Gasteiger partial charge in [0.05, 0.1) is 24.0 Å². The standard InChI is InChI=1S/C27H26ClN3O3/c1-14(2)8-25-26(32)29-21-11-20-19(12-24(21)30(25)15(3)16-6-7-34-13-16)23-10-17-9-18(28)4-5-22(17)31(23)27(20)33/h4-5,8-9,11-12,14,16,23H,3,6-7,10,13H2,1-2H3,(H,29,32)/b25-8-. The molecule has 0 spiro atoms. The fourth-order valence-electron chi connectivity index (χ4n) is 5.57. The Hall–Kier alpha value is -3.09. The van der Waals surface area contributed by atoms with Crippen LogP contribution in [0.2, 0.25) is 5.02 Å². The maximum atomic E-state index is 13.4. The number of benzene rings is 2. The van der Waals surface area contributed by atoms with E-state index in [1.807, 2.05) is 40.1 Å². The molecule has 1 saturated heterocycles. The molecular weight excluding hydrogens is 450 g/mol. The number of nitrogens with zero attached hydrogens (tertiary/aromatic N) is 2. The number of anilines is 3. The molecular formula is C27H26ClN3O3. The van der Waals surface area contributed by atoms with E-state index in [0.717, 1.165) is 34.6 Å². The van der Waals surface area contributed by atoms with Gasteiger partial charge in [0, 0.05) is 34.5 Å². The van der Waals surface area contributed by atoms with Crippen LogP contribution >= 0.6 is 11.6 Å².